The van der Waals surface area contributed by atoms with Crippen molar-refractivity contribution in [2.24, 2.45) is 4.99 Å². The molecule has 0 saturated carbocycles. The molecule has 5 nitrogen and oxygen atoms in total. The van der Waals surface area contributed by atoms with E-state index < -0.39 is 0 Å². The molecule has 2 rings (SSSR count). The largest absolute Gasteiger partial charge is 0.351 e. The molecule has 0 saturated heterocycles. The summed E-state index contributed by atoms with van der Waals surface area (Å²) in [5.74, 6) is -0.0185. The quantitative estimate of drug-likeness (QED) is 0.528. The molecule has 1 amide bonds. The van der Waals surface area contributed by atoms with E-state index >= 15 is 0 Å². The van der Waals surface area contributed by atoms with Crippen molar-refractivity contribution < 1.29 is 4.79 Å². The molecule has 1 aromatic heterocycles. The van der Waals surface area contributed by atoms with Crippen molar-refractivity contribution >= 4 is 12.2 Å². The first-order chi connectivity index (χ1) is 5.39. The molecular weight excluding hydrogens is 144 g/mol. The van der Waals surface area contributed by atoms with E-state index in [1.54, 1.807) is 18.7 Å². The zero-order valence-corrected chi connectivity index (χ0v) is 5.82. The van der Waals surface area contributed by atoms with Crippen molar-refractivity contribution in [1.82, 2.24) is 15.3 Å². The Bertz CT molecular complexity index is 202. The van der Waals surface area contributed by atoms with Crippen molar-refractivity contribution in [1.29, 1.82) is 0 Å². The summed E-state index contributed by atoms with van der Waals surface area (Å²) in [5, 5.41) is 2.39. The van der Waals surface area contributed by atoms with Gasteiger partial charge < -0.3 is 10.3 Å². The molecule has 5 heteroatoms. The molecule has 0 atom stereocenters. The number of hydrogen-bond acceptors (Lipinski definition) is 3. The van der Waals surface area contributed by atoms with E-state index in [1.807, 2.05) is 0 Å². The lowest BCUT2D eigenvalue weighted by Crippen LogP contribution is -2.15. The number of hydrogen-bond donors (Lipinski definition) is 2. The summed E-state index contributed by atoms with van der Waals surface area (Å²) >= 11 is 0. The Kier molecular flexibility index (Phi) is 2.85. The SMILES string of the molecule is O=C1CN=CN1.c1c[nH]cn1. The van der Waals surface area contributed by atoms with Crippen molar-refractivity contribution in [3.05, 3.63) is 18.7 Å². The Morgan fingerprint density at radius 3 is 2.64 bits per heavy atom. The zero-order chi connectivity index (χ0) is 7.94. The second-order valence-electron chi connectivity index (χ2n) is 1.80. The van der Waals surface area contributed by atoms with Gasteiger partial charge in [0.25, 0.3) is 0 Å². The van der Waals surface area contributed by atoms with Gasteiger partial charge in [-0.15, -0.1) is 0 Å². The van der Waals surface area contributed by atoms with Crippen LogP contribution in [-0.4, -0.2) is 28.8 Å². The first kappa shape index (κ1) is 7.46. The molecule has 0 aromatic carbocycles. The maximum atomic E-state index is 10.0. The van der Waals surface area contributed by atoms with Gasteiger partial charge in [0.15, 0.2) is 0 Å². The lowest BCUT2D eigenvalue weighted by molar-refractivity contribution is -0.117. The highest BCUT2D eigenvalue weighted by molar-refractivity contribution is 5.93. The molecule has 58 valence electrons. The predicted octanol–water partition coefficient (Wildman–Crippen LogP) is -0.446. The van der Waals surface area contributed by atoms with Crippen LogP contribution in [0.1, 0.15) is 0 Å². The Morgan fingerprint density at radius 1 is 1.55 bits per heavy atom. The predicted molar refractivity (Wildman–Crippen MR) is 40.1 cm³/mol. The molecule has 0 spiro atoms. The number of amides is 1. The first-order valence-corrected chi connectivity index (χ1v) is 3.10. The van der Waals surface area contributed by atoms with Crippen LogP contribution < -0.4 is 5.32 Å². The summed E-state index contributed by atoms with van der Waals surface area (Å²) in [7, 11) is 0. The second-order valence-corrected chi connectivity index (χ2v) is 1.80. The van der Waals surface area contributed by atoms with Crippen LogP contribution in [-0.2, 0) is 4.79 Å². The molecule has 2 heterocycles. The lowest BCUT2D eigenvalue weighted by atomic mass is 10.7. The molecule has 1 aromatic rings. The van der Waals surface area contributed by atoms with Crippen LogP contribution >= 0.6 is 0 Å². The minimum absolute atomic E-state index is 0.0185. The van der Waals surface area contributed by atoms with Gasteiger partial charge in [-0.3, -0.25) is 9.79 Å². The number of rotatable bonds is 0. The van der Waals surface area contributed by atoms with Gasteiger partial charge in [0.2, 0.25) is 5.91 Å². The van der Waals surface area contributed by atoms with E-state index in [0.717, 1.165) is 0 Å². The molecule has 1 aliphatic rings. The molecule has 11 heavy (non-hydrogen) atoms. The Balaban J connectivity index is 0.000000112. The summed E-state index contributed by atoms with van der Waals surface area (Å²) in [5.41, 5.74) is 0. The zero-order valence-electron chi connectivity index (χ0n) is 5.82. The summed E-state index contributed by atoms with van der Waals surface area (Å²) in [6, 6.07) is 0. The standard InChI is InChI=1S/C3H4N2O.C3H4N2/c6-3-1-4-2-5-3;1-2-5-3-4-1/h2H,1H2,(H,4,5,6);1-3H,(H,4,5). The summed E-state index contributed by atoms with van der Waals surface area (Å²) < 4.78 is 0. The molecule has 1 aliphatic heterocycles. The summed E-state index contributed by atoms with van der Waals surface area (Å²) in [6.07, 6.45) is 6.49. The Labute approximate surface area is 63.6 Å². The van der Waals surface area contributed by atoms with Gasteiger partial charge in [0.05, 0.1) is 12.7 Å². The van der Waals surface area contributed by atoms with Crippen LogP contribution in [0.2, 0.25) is 0 Å². The lowest BCUT2D eigenvalue weighted by Gasteiger charge is -1.76. The van der Waals surface area contributed by atoms with Crippen molar-refractivity contribution in [3.8, 4) is 0 Å². The van der Waals surface area contributed by atoms with E-state index in [0.29, 0.717) is 6.54 Å². The fourth-order valence-corrected chi connectivity index (χ4v) is 0.507. The number of imidazole rings is 1. The highest BCUT2D eigenvalue weighted by Gasteiger charge is 1.98. The summed E-state index contributed by atoms with van der Waals surface area (Å²) in [4.78, 5) is 20.0. The highest BCUT2D eigenvalue weighted by atomic mass is 16.2. The third kappa shape index (κ3) is 3.14. The third-order valence-electron chi connectivity index (χ3n) is 0.958. The number of nitrogens with one attached hydrogen (secondary N) is 2. The molecule has 0 unspecified atom stereocenters. The second kappa shape index (κ2) is 4.21. The molecule has 0 radical (unpaired) electrons. The van der Waals surface area contributed by atoms with Gasteiger partial charge in [-0.1, -0.05) is 0 Å². The van der Waals surface area contributed by atoms with E-state index in [1.165, 1.54) is 6.34 Å². The third-order valence-corrected chi connectivity index (χ3v) is 0.958. The monoisotopic (exact) mass is 152 g/mol. The van der Waals surface area contributed by atoms with Crippen molar-refractivity contribution in [3.63, 3.8) is 0 Å². The van der Waals surface area contributed by atoms with Crippen LogP contribution in [0, 0.1) is 0 Å². The van der Waals surface area contributed by atoms with Gasteiger partial charge in [-0.05, 0) is 0 Å². The Hall–Kier alpha value is -1.65. The minimum atomic E-state index is -0.0185. The average molecular weight is 152 g/mol. The van der Waals surface area contributed by atoms with Gasteiger partial charge in [0, 0.05) is 12.4 Å². The summed E-state index contributed by atoms with van der Waals surface area (Å²) in [6.45, 7) is 0.306. The number of carbonyl (C=O) groups is 1. The molecule has 0 fully saturated rings. The molecule has 0 bridgehead atoms. The van der Waals surface area contributed by atoms with Gasteiger partial charge >= 0.3 is 0 Å². The smallest absolute Gasteiger partial charge is 0.246 e. The minimum Gasteiger partial charge on any atom is -0.351 e. The van der Waals surface area contributed by atoms with Crippen molar-refractivity contribution in [2.45, 2.75) is 0 Å². The maximum absolute atomic E-state index is 10.0. The first-order valence-electron chi connectivity index (χ1n) is 3.10. The number of carbonyl (C=O) groups excluding carboxylic acids is 1. The molecule has 2 N–H and O–H groups in total. The Morgan fingerprint density at radius 2 is 2.45 bits per heavy atom. The number of nitrogens with zero attached hydrogens (tertiary/aromatic N) is 2. The fraction of sp³-hybridized carbons (Fsp3) is 0.167. The molecular formula is C6H8N4O. The van der Waals surface area contributed by atoms with Crippen LogP contribution in [0.15, 0.2) is 23.7 Å². The average Bonchev–Trinajstić information content (AvgIpc) is 2.57. The highest BCUT2D eigenvalue weighted by Crippen LogP contribution is 1.73. The number of aliphatic imine (C=N–C) groups is 1. The topological polar surface area (TPSA) is 70.1 Å². The van der Waals surface area contributed by atoms with E-state index in [9.17, 15) is 4.79 Å². The van der Waals surface area contributed by atoms with Crippen LogP contribution in [0.4, 0.5) is 0 Å². The van der Waals surface area contributed by atoms with Gasteiger partial charge in [-0.2, -0.15) is 0 Å². The fourth-order valence-electron chi connectivity index (χ4n) is 0.507. The number of aromatic amines is 1. The van der Waals surface area contributed by atoms with Crippen LogP contribution in [0.25, 0.3) is 0 Å². The van der Waals surface area contributed by atoms with E-state index in [-0.39, 0.29) is 5.91 Å². The van der Waals surface area contributed by atoms with Crippen molar-refractivity contribution in [2.75, 3.05) is 6.54 Å². The maximum Gasteiger partial charge on any atom is 0.246 e. The number of H-pyrrole nitrogens is 1. The van der Waals surface area contributed by atoms with E-state index in [2.05, 4.69) is 20.3 Å². The van der Waals surface area contributed by atoms with E-state index in [4.69, 9.17) is 0 Å². The molecule has 0 aliphatic carbocycles. The van der Waals surface area contributed by atoms with Gasteiger partial charge in [0.1, 0.15) is 6.54 Å². The number of aromatic nitrogens is 2. The normalized spacial score (nSPS) is 13.6. The van der Waals surface area contributed by atoms with Crippen LogP contribution in [0.5, 0.6) is 0 Å². The van der Waals surface area contributed by atoms with Gasteiger partial charge in [-0.25, -0.2) is 4.98 Å². The van der Waals surface area contributed by atoms with Crippen LogP contribution in [0.3, 0.4) is 0 Å².